The van der Waals surface area contributed by atoms with Crippen molar-refractivity contribution < 1.29 is 29.0 Å². The largest absolute Gasteiger partial charge is 0.507 e. The first-order chi connectivity index (χ1) is 14.3. The Kier molecular flexibility index (Phi) is 6.77. The molecule has 0 radical (unpaired) electrons. The predicted octanol–water partition coefficient (Wildman–Crippen LogP) is 3.94. The monoisotopic (exact) mass is 431 g/mol. The number of ether oxygens (including phenoxy) is 2. The van der Waals surface area contributed by atoms with E-state index in [1.54, 1.807) is 19.1 Å². The third kappa shape index (κ3) is 4.64. The van der Waals surface area contributed by atoms with E-state index in [-0.39, 0.29) is 17.9 Å². The van der Waals surface area contributed by atoms with Crippen LogP contribution in [-0.4, -0.2) is 35.7 Å². The van der Waals surface area contributed by atoms with Gasteiger partial charge in [-0.2, -0.15) is 0 Å². The summed E-state index contributed by atoms with van der Waals surface area (Å²) < 4.78 is 10.4. The molecule has 1 heterocycles. The van der Waals surface area contributed by atoms with Crippen molar-refractivity contribution in [3.05, 3.63) is 45.8 Å². The summed E-state index contributed by atoms with van der Waals surface area (Å²) in [5.74, 6) is -1.54. The molecule has 2 aromatic rings. The zero-order chi connectivity index (χ0) is 21.8. The molecule has 0 saturated heterocycles. The predicted molar refractivity (Wildman–Crippen MR) is 113 cm³/mol. The number of aromatic hydroxyl groups is 1. The van der Waals surface area contributed by atoms with E-state index in [9.17, 15) is 19.5 Å². The Morgan fingerprint density at radius 1 is 1.27 bits per heavy atom. The van der Waals surface area contributed by atoms with Gasteiger partial charge < -0.3 is 19.9 Å². The Balaban J connectivity index is 1.78. The molecule has 3 rings (SSSR count). The van der Waals surface area contributed by atoms with Crippen LogP contribution < -0.4 is 5.32 Å². The van der Waals surface area contributed by atoms with Gasteiger partial charge in [-0.3, -0.25) is 4.79 Å². The van der Waals surface area contributed by atoms with E-state index >= 15 is 0 Å². The van der Waals surface area contributed by atoms with Gasteiger partial charge in [0.1, 0.15) is 16.3 Å². The summed E-state index contributed by atoms with van der Waals surface area (Å²) in [6, 6.07) is 5.95. The van der Waals surface area contributed by atoms with E-state index < -0.39 is 23.9 Å². The molecule has 1 aromatic heterocycles. The second kappa shape index (κ2) is 9.30. The fourth-order valence-corrected chi connectivity index (χ4v) is 4.80. The molecule has 2 atom stereocenters. The Labute approximate surface area is 179 Å². The highest BCUT2D eigenvalue weighted by atomic mass is 32.1. The molecule has 0 fully saturated rings. The fourth-order valence-electron chi connectivity index (χ4n) is 3.40. The smallest absolute Gasteiger partial charge is 0.342 e. The number of nitrogens with one attached hydrogen (secondary N) is 1. The highest BCUT2D eigenvalue weighted by molar-refractivity contribution is 7.17. The average Bonchev–Trinajstić information content (AvgIpc) is 3.05. The maximum absolute atomic E-state index is 12.7. The molecule has 0 aliphatic heterocycles. The number of carbonyl (C=O) groups excluding carboxylic acids is 3. The minimum Gasteiger partial charge on any atom is -0.507 e. The summed E-state index contributed by atoms with van der Waals surface area (Å²) >= 11 is 1.37. The SMILES string of the molecule is CCOC(=O)c1c(NC(=O)[C@H](C)OC(=O)c2ccccc2O)sc2c1CC[C@@H](C)C2. The van der Waals surface area contributed by atoms with Crippen molar-refractivity contribution in [1.82, 2.24) is 0 Å². The Morgan fingerprint density at radius 2 is 2.00 bits per heavy atom. The number of phenolic OH excluding ortho intramolecular Hbond substituents is 1. The molecule has 1 amide bonds. The summed E-state index contributed by atoms with van der Waals surface area (Å²) in [5, 5.41) is 12.9. The third-order valence-corrected chi connectivity index (χ3v) is 6.17. The van der Waals surface area contributed by atoms with E-state index in [0.29, 0.717) is 16.5 Å². The number of thiophene rings is 1. The molecule has 2 N–H and O–H groups in total. The summed E-state index contributed by atoms with van der Waals surface area (Å²) in [5.41, 5.74) is 1.31. The molecule has 0 unspecified atom stereocenters. The molecular weight excluding hydrogens is 406 g/mol. The van der Waals surface area contributed by atoms with Crippen LogP contribution in [0.3, 0.4) is 0 Å². The van der Waals surface area contributed by atoms with Crippen molar-refractivity contribution in [3.63, 3.8) is 0 Å². The van der Waals surface area contributed by atoms with Crippen molar-refractivity contribution in [1.29, 1.82) is 0 Å². The molecule has 1 aliphatic rings. The number of carbonyl (C=O) groups is 3. The fraction of sp³-hybridized carbons (Fsp3) is 0.409. The zero-order valence-corrected chi connectivity index (χ0v) is 18.0. The quantitative estimate of drug-likeness (QED) is 0.672. The molecule has 1 aromatic carbocycles. The number of anilines is 1. The van der Waals surface area contributed by atoms with Crippen LogP contribution in [0.25, 0.3) is 0 Å². The minimum atomic E-state index is -1.12. The van der Waals surface area contributed by atoms with Gasteiger partial charge in [-0.15, -0.1) is 11.3 Å². The minimum absolute atomic E-state index is 0.0232. The third-order valence-electron chi connectivity index (χ3n) is 5.00. The van der Waals surface area contributed by atoms with Gasteiger partial charge in [-0.05, 0) is 56.7 Å². The highest BCUT2D eigenvalue weighted by Crippen LogP contribution is 2.40. The van der Waals surface area contributed by atoms with Crippen LogP contribution in [-0.2, 0) is 27.1 Å². The summed E-state index contributed by atoms with van der Waals surface area (Å²) in [7, 11) is 0. The standard InChI is InChI=1S/C22H25NO6S/c1-4-28-22(27)18-15-10-9-12(2)11-17(15)30-20(18)23-19(25)13(3)29-21(26)14-7-5-6-8-16(14)24/h5-8,12-13,24H,4,9-11H2,1-3H3,(H,23,25)/t12-,13+/m1/s1. The van der Waals surface area contributed by atoms with Gasteiger partial charge in [-0.25, -0.2) is 9.59 Å². The molecule has 0 spiro atoms. The summed E-state index contributed by atoms with van der Waals surface area (Å²) in [6.07, 6.45) is 1.46. The number of rotatable bonds is 6. The van der Waals surface area contributed by atoms with E-state index in [0.717, 1.165) is 29.7 Å². The zero-order valence-electron chi connectivity index (χ0n) is 17.2. The van der Waals surface area contributed by atoms with Crippen molar-refractivity contribution >= 4 is 34.2 Å². The maximum Gasteiger partial charge on any atom is 0.342 e. The van der Waals surface area contributed by atoms with Crippen LogP contribution in [0.2, 0.25) is 0 Å². The first-order valence-electron chi connectivity index (χ1n) is 9.93. The average molecular weight is 432 g/mol. The van der Waals surface area contributed by atoms with Gasteiger partial charge in [0.15, 0.2) is 6.10 Å². The van der Waals surface area contributed by atoms with Crippen LogP contribution in [0, 0.1) is 5.92 Å². The Morgan fingerprint density at radius 3 is 2.70 bits per heavy atom. The molecule has 30 heavy (non-hydrogen) atoms. The lowest BCUT2D eigenvalue weighted by molar-refractivity contribution is -0.123. The number of hydrogen-bond acceptors (Lipinski definition) is 7. The summed E-state index contributed by atoms with van der Waals surface area (Å²) in [4.78, 5) is 38.6. The topological polar surface area (TPSA) is 102 Å². The molecule has 1 aliphatic carbocycles. The lowest BCUT2D eigenvalue weighted by atomic mass is 9.88. The summed E-state index contributed by atoms with van der Waals surface area (Å²) in [6.45, 7) is 5.57. The Hall–Kier alpha value is -2.87. The van der Waals surface area contributed by atoms with Gasteiger partial charge in [0.2, 0.25) is 0 Å². The van der Waals surface area contributed by atoms with E-state index in [4.69, 9.17) is 9.47 Å². The van der Waals surface area contributed by atoms with E-state index in [1.165, 1.54) is 30.4 Å². The number of benzene rings is 1. The second-order valence-corrected chi connectivity index (χ2v) is 8.44. The van der Waals surface area contributed by atoms with Gasteiger partial charge in [0, 0.05) is 4.88 Å². The molecular formula is C22H25NO6S. The van der Waals surface area contributed by atoms with Crippen molar-refractivity contribution in [2.24, 2.45) is 5.92 Å². The van der Waals surface area contributed by atoms with E-state index in [1.807, 2.05) is 0 Å². The first kappa shape index (κ1) is 21.8. The van der Waals surface area contributed by atoms with Crippen LogP contribution in [0.4, 0.5) is 5.00 Å². The van der Waals surface area contributed by atoms with Crippen molar-refractivity contribution in [2.45, 2.75) is 46.1 Å². The van der Waals surface area contributed by atoms with Gasteiger partial charge >= 0.3 is 11.9 Å². The van der Waals surface area contributed by atoms with Gasteiger partial charge in [0.25, 0.3) is 5.91 Å². The number of amides is 1. The Bertz CT molecular complexity index is 967. The van der Waals surface area contributed by atoms with Crippen molar-refractivity contribution in [2.75, 3.05) is 11.9 Å². The number of hydrogen-bond donors (Lipinski definition) is 2. The highest BCUT2D eigenvalue weighted by Gasteiger charge is 2.30. The molecule has 160 valence electrons. The van der Waals surface area contributed by atoms with Crippen LogP contribution >= 0.6 is 11.3 Å². The lowest BCUT2D eigenvalue weighted by Gasteiger charge is -2.18. The number of phenols is 1. The van der Waals surface area contributed by atoms with Crippen molar-refractivity contribution in [3.8, 4) is 5.75 Å². The maximum atomic E-state index is 12.7. The first-order valence-corrected chi connectivity index (χ1v) is 10.7. The number of para-hydroxylation sites is 1. The van der Waals surface area contributed by atoms with E-state index in [2.05, 4.69) is 12.2 Å². The molecule has 0 saturated carbocycles. The molecule has 8 heteroatoms. The van der Waals surface area contributed by atoms with Crippen LogP contribution in [0.15, 0.2) is 24.3 Å². The van der Waals surface area contributed by atoms with Gasteiger partial charge in [0.05, 0.1) is 12.2 Å². The lowest BCUT2D eigenvalue weighted by Crippen LogP contribution is -2.30. The number of esters is 2. The van der Waals surface area contributed by atoms with Crippen LogP contribution in [0.5, 0.6) is 5.75 Å². The molecule has 7 nitrogen and oxygen atoms in total. The number of fused-ring (bicyclic) bond motifs is 1. The van der Waals surface area contributed by atoms with Gasteiger partial charge in [-0.1, -0.05) is 19.1 Å². The normalized spacial score (nSPS) is 16.3. The second-order valence-electron chi connectivity index (χ2n) is 7.33. The molecule has 0 bridgehead atoms. The van der Waals surface area contributed by atoms with Crippen LogP contribution in [0.1, 0.15) is 58.3 Å².